The Labute approximate surface area is 98.0 Å². The average Bonchev–Trinajstić information content (AvgIpc) is 2.41. The van der Waals surface area contributed by atoms with Crippen molar-refractivity contribution in [2.75, 3.05) is 14.1 Å². The van der Waals surface area contributed by atoms with Crippen molar-refractivity contribution in [1.29, 1.82) is 0 Å². The predicted molar refractivity (Wildman–Crippen MR) is 64.1 cm³/mol. The fraction of sp³-hybridized carbons (Fsp3) is 0.917. The normalized spacial score (nSPS) is 22.9. The number of nitrogens with zero attached hydrogens (tertiary/aromatic N) is 1. The lowest BCUT2D eigenvalue weighted by Crippen LogP contribution is -2.41. The number of amides is 1. The Bertz CT molecular complexity index is 220. The number of hydrogen-bond acceptors (Lipinski definition) is 1. The second-order valence-corrected chi connectivity index (χ2v) is 5.60. The van der Waals surface area contributed by atoms with Crippen LogP contribution < -0.4 is 0 Å². The molecule has 0 aromatic rings. The minimum atomic E-state index is -0.356. The summed E-state index contributed by atoms with van der Waals surface area (Å²) in [6.07, 6.45) is 7.16. The van der Waals surface area contributed by atoms with Crippen LogP contribution in [0.2, 0.25) is 0 Å². The van der Waals surface area contributed by atoms with E-state index in [1.165, 1.54) is 25.7 Å². The third-order valence-corrected chi connectivity index (χ3v) is 4.23. The summed E-state index contributed by atoms with van der Waals surface area (Å²) in [6, 6.07) is 0. The second kappa shape index (κ2) is 5.20. The van der Waals surface area contributed by atoms with Crippen LogP contribution in [-0.4, -0.2) is 30.3 Å². The Morgan fingerprint density at radius 1 is 1.20 bits per heavy atom. The van der Waals surface area contributed by atoms with Crippen LogP contribution in [-0.2, 0) is 4.79 Å². The van der Waals surface area contributed by atoms with Gasteiger partial charge in [0.15, 0.2) is 0 Å². The van der Waals surface area contributed by atoms with E-state index >= 15 is 0 Å². The molecule has 1 amide bonds. The Morgan fingerprint density at radius 2 is 1.67 bits per heavy atom. The lowest BCUT2D eigenvalue weighted by Gasteiger charge is -2.33. The molecule has 1 atom stereocenters. The molecule has 0 aliphatic heterocycles. The molecule has 1 fully saturated rings. The summed E-state index contributed by atoms with van der Waals surface area (Å²) >= 11 is 6.33. The lowest BCUT2D eigenvalue weighted by atomic mass is 9.78. The Kier molecular flexibility index (Phi) is 4.45. The average molecular weight is 232 g/mol. The van der Waals surface area contributed by atoms with Crippen LogP contribution in [0.15, 0.2) is 0 Å². The molecule has 1 aliphatic carbocycles. The molecule has 1 aliphatic rings. The van der Waals surface area contributed by atoms with Gasteiger partial charge in [-0.15, -0.1) is 11.6 Å². The summed E-state index contributed by atoms with van der Waals surface area (Å²) in [4.78, 5) is 13.5. The largest absolute Gasteiger partial charge is 0.348 e. The van der Waals surface area contributed by atoms with Crippen LogP contribution >= 0.6 is 11.6 Å². The minimum Gasteiger partial charge on any atom is -0.348 e. The van der Waals surface area contributed by atoms with Gasteiger partial charge in [0.1, 0.15) is 5.38 Å². The van der Waals surface area contributed by atoms with Crippen LogP contribution in [0, 0.1) is 5.41 Å². The summed E-state index contributed by atoms with van der Waals surface area (Å²) in [5.74, 6) is 0.0565. The molecule has 0 radical (unpaired) electrons. The topological polar surface area (TPSA) is 20.3 Å². The Hall–Kier alpha value is -0.240. The van der Waals surface area contributed by atoms with Crippen molar-refractivity contribution in [3.8, 4) is 0 Å². The van der Waals surface area contributed by atoms with E-state index < -0.39 is 0 Å². The third kappa shape index (κ3) is 3.10. The molecule has 15 heavy (non-hydrogen) atoms. The fourth-order valence-electron chi connectivity index (χ4n) is 2.31. The molecule has 1 unspecified atom stereocenters. The zero-order valence-electron chi connectivity index (χ0n) is 10.1. The molecule has 0 heterocycles. The highest BCUT2D eigenvalue weighted by atomic mass is 35.5. The van der Waals surface area contributed by atoms with Crippen molar-refractivity contribution in [2.24, 2.45) is 5.41 Å². The van der Waals surface area contributed by atoms with Gasteiger partial charge < -0.3 is 4.90 Å². The van der Waals surface area contributed by atoms with E-state index in [2.05, 4.69) is 6.92 Å². The van der Waals surface area contributed by atoms with E-state index in [0.29, 0.717) is 0 Å². The van der Waals surface area contributed by atoms with E-state index in [4.69, 9.17) is 11.6 Å². The second-order valence-electron chi connectivity index (χ2n) is 5.16. The zero-order valence-corrected chi connectivity index (χ0v) is 10.8. The fourth-order valence-corrected chi connectivity index (χ4v) is 2.73. The van der Waals surface area contributed by atoms with E-state index in [9.17, 15) is 4.79 Å². The minimum absolute atomic E-state index is 0.000586. The molecule has 0 aromatic carbocycles. The molecule has 0 aromatic heterocycles. The number of carbonyl (C=O) groups excluding carboxylic acids is 1. The highest BCUT2D eigenvalue weighted by Gasteiger charge is 2.38. The quantitative estimate of drug-likeness (QED) is 0.529. The van der Waals surface area contributed by atoms with Crippen LogP contribution in [0.1, 0.15) is 45.4 Å². The van der Waals surface area contributed by atoms with Crippen LogP contribution in [0.25, 0.3) is 0 Å². The highest BCUT2D eigenvalue weighted by molar-refractivity contribution is 6.31. The summed E-state index contributed by atoms with van der Waals surface area (Å²) < 4.78 is 0. The Morgan fingerprint density at radius 3 is 2.07 bits per heavy atom. The van der Waals surface area contributed by atoms with Crippen molar-refractivity contribution >= 4 is 17.5 Å². The monoisotopic (exact) mass is 231 g/mol. The van der Waals surface area contributed by atoms with E-state index in [1.54, 1.807) is 19.0 Å². The number of alkyl halides is 1. The van der Waals surface area contributed by atoms with Crippen molar-refractivity contribution in [3.05, 3.63) is 0 Å². The molecule has 3 heteroatoms. The molecule has 1 saturated carbocycles. The molecule has 0 spiro atoms. The summed E-state index contributed by atoms with van der Waals surface area (Å²) in [5.41, 5.74) is -0.000586. The van der Waals surface area contributed by atoms with Gasteiger partial charge in [-0.2, -0.15) is 0 Å². The van der Waals surface area contributed by atoms with E-state index in [1.807, 2.05) is 0 Å². The Balaban J connectivity index is 2.69. The number of halogens is 1. The van der Waals surface area contributed by atoms with Crippen LogP contribution in [0.5, 0.6) is 0 Å². The molecule has 0 saturated heterocycles. The summed E-state index contributed by atoms with van der Waals surface area (Å²) in [5, 5.41) is -0.356. The van der Waals surface area contributed by atoms with Crippen molar-refractivity contribution < 1.29 is 4.79 Å². The van der Waals surface area contributed by atoms with Crippen molar-refractivity contribution in [2.45, 2.75) is 50.8 Å². The van der Waals surface area contributed by atoms with Crippen LogP contribution in [0.3, 0.4) is 0 Å². The maximum atomic E-state index is 11.9. The first-order valence-electron chi connectivity index (χ1n) is 5.82. The van der Waals surface area contributed by atoms with Gasteiger partial charge in [-0.05, 0) is 18.3 Å². The van der Waals surface area contributed by atoms with E-state index in [0.717, 1.165) is 12.8 Å². The number of rotatable bonds is 2. The van der Waals surface area contributed by atoms with E-state index in [-0.39, 0.29) is 16.7 Å². The van der Waals surface area contributed by atoms with Gasteiger partial charge in [0, 0.05) is 14.1 Å². The maximum absolute atomic E-state index is 11.9. The van der Waals surface area contributed by atoms with Crippen LogP contribution in [0.4, 0.5) is 0 Å². The van der Waals surface area contributed by atoms with Crippen molar-refractivity contribution in [1.82, 2.24) is 4.90 Å². The first-order chi connectivity index (χ1) is 6.97. The molecule has 0 bridgehead atoms. The van der Waals surface area contributed by atoms with Gasteiger partial charge in [0.05, 0.1) is 0 Å². The van der Waals surface area contributed by atoms with Gasteiger partial charge in [0.2, 0.25) is 5.91 Å². The van der Waals surface area contributed by atoms with Crippen molar-refractivity contribution in [3.63, 3.8) is 0 Å². The molecule has 2 nitrogen and oxygen atoms in total. The lowest BCUT2D eigenvalue weighted by molar-refractivity contribution is -0.130. The molecule has 1 rings (SSSR count). The number of carbonyl (C=O) groups is 1. The summed E-state index contributed by atoms with van der Waals surface area (Å²) in [7, 11) is 3.55. The first-order valence-corrected chi connectivity index (χ1v) is 6.26. The number of hydrogen-bond donors (Lipinski definition) is 0. The zero-order chi connectivity index (χ0) is 11.5. The van der Waals surface area contributed by atoms with Gasteiger partial charge in [0.25, 0.3) is 0 Å². The molecule has 88 valence electrons. The van der Waals surface area contributed by atoms with Gasteiger partial charge >= 0.3 is 0 Å². The summed E-state index contributed by atoms with van der Waals surface area (Å²) in [6.45, 7) is 2.16. The predicted octanol–water partition coefficient (Wildman–Crippen LogP) is 3.04. The molecule has 0 N–H and O–H groups in total. The van der Waals surface area contributed by atoms with Gasteiger partial charge in [-0.1, -0.05) is 32.6 Å². The maximum Gasteiger partial charge on any atom is 0.240 e. The SMILES string of the molecule is CN(C)C(=O)C(Cl)C1(C)CCCCCC1. The third-order valence-electron chi connectivity index (χ3n) is 3.52. The standard InChI is InChI=1S/C12H22ClNO/c1-12(8-6-4-5-7-9-12)10(13)11(15)14(2)3/h10H,4-9H2,1-3H3. The van der Waals surface area contributed by atoms with Gasteiger partial charge in [-0.3, -0.25) is 4.79 Å². The molecular weight excluding hydrogens is 210 g/mol. The highest BCUT2D eigenvalue weighted by Crippen LogP contribution is 2.40. The molecular formula is C12H22ClNO. The van der Waals surface area contributed by atoms with Gasteiger partial charge in [-0.25, -0.2) is 0 Å². The first kappa shape index (κ1) is 12.8. The smallest absolute Gasteiger partial charge is 0.240 e.